The Bertz CT molecular complexity index is 1090. The molecule has 0 saturated heterocycles. The van der Waals surface area contributed by atoms with Crippen LogP contribution in [0.3, 0.4) is 0 Å². The summed E-state index contributed by atoms with van der Waals surface area (Å²) < 4.78 is 11.6. The maximum Gasteiger partial charge on any atom is 0.376 e. The first kappa shape index (κ1) is 21.9. The van der Waals surface area contributed by atoms with Crippen molar-refractivity contribution in [1.82, 2.24) is 0 Å². The molecular weight excluding hydrogens is 420 g/mol. The van der Waals surface area contributed by atoms with Gasteiger partial charge < -0.3 is 19.7 Å². The van der Waals surface area contributed by atoms with Crippen LogP contribution in [-0.2, 0) is 22.8 Å². The number of rotatable bonds is 9. The third-order valence-corrected chi connectivity index (χ3v) is 4.56. The maximum atomic E-state index is 11.5. The van der Waals surface area contributed by atoms with E-state index in [2.05, 4.69) is 0 Å². The fourth-order valence-corrected chi connectivity index (χ4v) is 2.92. The number of benzene rings is 3. The molecule has 0 radical (unpaired) electrons. The summed E-state index contributed by atoms with van der Waals surface area (Å²) in [5.41, 5.74) is 1.88. The van der Waals surface area contributed by atoms with E-state index < -0.39 is 17.5 Å². The van der Waals surface area contributed by atoms with Crippen molar-refractivity contribution in [3.8, 4) is 11.5 Å². The lowest BCUT2D eigenvalue weighted by Gasteiger charge is -2.15. The van der Waals surface area contributed by atoms with E-state index in [1.54, 1.807) is 0 Å². The standard InChI is InChI=1S/C24H19ClO6/c25-19-11-18(20(26)12-21(27)24(28)29)22(30-14-16-7-3-1-4-8-16)13-23(19)31-15-17-9-5-2-6-10-17/h1-13,26H,14-15H2,(H,28,29). The van der Waals surface area contributed by atoms with E-state index in [-0.39, 0.29) is 29.5 Å². The number of carboxylic acids is 1. The van der Waals surface area contributed by atoms with Crippen molar-refractivity contribution in [2.75, 3.05) is 0 Å². The zero-order valence-electron chi connectivity index (χ0n) is 16.3. The summed E-state index contributed by atoms with van der Waals surface area (Å²) >= 11 is 6.31. The van der Waals surface area contributed by atoms with Gasteiger partial charge in [0.15, 0.2) is 0 Å². The monoisotopic (exact) mass is 438 g/mol. The van der Waals surface area contributed by atoms with Crippen molar-refractivity contribution in [2.24, 2.45) is 0 Å². The molecule has 3 rings (SSSR count). The van der Waals surface area contributed by atoms with Crippen LogP contribution >= 0.6 is 11.6 Å². The van der Waals surface area contributed by atoms with Gasteiger partial charge >= 0.3 is 5.97 Å². The van der Waals surface area contributed by atoms with E-state index in [4.69, 9.17) is 26.2 Å². The normalized spacial score (nSPS) is 11.1. The van der Waals surface area contributed by atoms with Gasteiger partial charge in [-0.1, -0.05) is 72.3 Å². The molecule has 0 fully saturated rings. The van der Waals surface area contributed by atoms with Crippen molar-refractivity contribution in [1.29, 1.82) is 0 Å². The van der Waals surface area contributed by atoms with Crippen LogP contribution in [0.25, 0.3) is 5.76 Å². The molecule has 2 N–H and O–H groups in total. The van der Waals surface area contributed by atoms with Crippen molar-refractivity contribution in [3.63, 3.8) is 0 Å². The molecule has 0 saturated carbocycles. The number of halogens is 1. The van der Waals surface area contributed by atoms with Gasteiger partial charge in [-0.2, -0.15) is 0 Å². The van der Waals surface area contributed by atoms with Crippen LogP contribution in [0, 0.1) is 0 Å². The third-order valence-electron chi connectivity index (χ3n) is 4.26. The lowest BCUT2D eigenvalue weighted by atomic mass is 10.1. The summed E-state index contributed by atoms with van der Waals surface area (Å²) in [5, 5.41) is 19.3. The first-order valence-corrected chi connectivity index (χ1v) is 9.67. The molecule has 6 nitrogen and oxygen atoms in total. The van der Waals surface area contributed by atoms with Crippen LogP contribution < -0.4 is 9.47 Å². The quantitative estimate of drug-likeness (QED) is 0.276. The van der Waals surface area contributed by atoms with E-state index in [0.29, 0.717) is 11.8 Å². The smallest absolute Gasteiger partial charge is 0.376 e. The number of aliphatic hydroxyl groups is 1. The van der Waals surface area contributed by atoms with E-state index in [1.807, 2.05) is 60.7 Å². The number of ketones is 1. The predicted molar refractivity (Wildman–Crippen MR) is 116 cm³/mol. The van der Waals surface area contributed by atoms with Gasteiger partial charge in [-0.15, -0.1) is 0 Å². The van der Waals surface area contributed by atoms with Crippen molar-refractivity contribution >= 4 is 29.1 Å². The number of hydrogen-bond donors (Lipinski definition) is 2. The summed E-state index contributed by atoms with van der Waals surface area (Å²) in [5.74, 6) is -3.04. The van der Waals surface area contributed by atoms with Gasteiger partial charge in [0.25, 0.3) is 5.78 Å². The van der Waals surface area contributed by atoms with E-state index in [0.717, 1.165) is 11.1 Å². The molecule has 0 aliphatic heterocycles. The number of carbonyl (C=O) groups is 2. The molecular formula is C24H19ClO6. The molecule has 7 heteroatoms. The summed E-state index contributed by atoms with van der Waals surface area (Å²) in [6.07, 6.45) is 0.605. The highest BCUT2D eigenvalue weighted by Crippen LogP contribution is 2.36. The minimum absolute atomic E-state index is 0.0718. The van der Waals surface area contributed by atoms with E-state index in [1.165, 1.54) is 12.1 Å². The predicted octanol–water partition coefficient (Wildman–Crippen LogP) is 5.05. The SMILES string of the molecule is O=C(O)C(=O)C=C(O)c1cc(Cl)c(OCc2ccccc2)cc1OCc1ccccc1. The first-order valence-electron chi connectivity index (χ1n) is 9.29. The zero-order chi connectivity index (χ0) is 22.2. The third kappa shape index (κ3) is 6.10. The second-order valence-corrected chi connectivity index (χ2v) is 6.93. The molecule has 0 amide bonds. The summed E-state index contributed by atoms with van der Waals surface area (Å²) in [6.45, 7) is 0.436. The molecule has 0 aromatic heterocycles. The Balaban J connectivity index is 1.91. The lowest BCUT2D eigenvalue weighted by molar-refractivity contribution is -0.146. The summed E-state index contributed by atoms with van der Waals surface area (Å²) in [7, 11) is 0. The largest absolute Gasteiger partial charge is 0.507 e. The fourth-order valence-electron chi connectivity index (χ4n) is 2.70. The Morgan fingerprint density at radius 1 is 0.806 bits per heavy atom. The lowest BCUT2D eigenvalue weighted by Crippen LogP contribution is -2.10. The topological polar surface area (TPSA) is 93.1 Å². The average Bonchev–Trinajstić information content (AvgIpc) is 2.78. The van der Waals surface area contributed by atoms with Gasteiger partial charge in [-0.3, -0.25) is 4.79 Å². The highest BCUT2D eigenvalue weighted by atomic mass is 35.5. The highest BCUT2D eigenvalue weighted by Gasteiger charge is 2.17. The molecule has 0 aliphatic carbocycles. The molecule has 0 heterocycles. The minimum atomic E-state index is -1.69. The van der Waals surface area contributed by atoms with Crippen LogP contribution in [0.5, 0.6) is 11.5 Å². The Hall–Kier alpha value is -3.77. The molecule has 0 aliphatic rings. The summed E-state index contributed by atoms with van der Waals surface area (Å²) in [4.78, 5) is 22.3. The second kappa shape index (κ2) is 10.3. The van der Waals surface area contributed by atoms with Gasteiger partial charge in [0.05, 0.1) is 10.6 Å². The number of aliphatic hydroxyl groups excluding tert-OH is 1. The molecule has 0 bridgehead atoms. The first-order chi connectivity index (χ1) is 14.9. The Labute approximate surface area is 183 Å². The van der Waals surface area contributed by atoms with Gasteiger partial charge in [0.1, 0.15) is 30.5 Å². The fraction of sp³-hybridized carbons (Fsp3) is 0.0833. The summed E-state index contributed by atoms with van der Waals surface area (Å²) in [6, 6.07) is 21.7. The van der Waals surface area contributed by atoms with Crippen LogP contribution in [0.2, 0.25) is 5.02 Å². The van der Waals surface area contributed by atoms with Gasteiger partial charge in [0, 0.05) is 12.1 Å². The Morgan fingerprint density at radius 2 is 1.32 bits per heavy atom. The van der Waals surface area contributed by atoms with E-state index in [9.17, 15) is 14.7 Å². The minimum Gasteiger partial charge on any atom is -0.507 e. The highest BCUT2D eigenvalue weighted by molar-refractivity contribution is 6.38. The maximum absolute atomic E-state index is 11.5. The van der Waals surface area contributed by atoms with Crippen LogP contribution in [0.1, 0.15) is 16.7 Å². The van der Waals surface area contributed by atoms with Gasteiger partial charge in [-0.25, -0.2) is 4.79 Å². The molecule has 0 unspecified atom stereocenters. The molecule has 31 heavy (non-hydrogen) atoms. The van der Waals surface area contributed by atoms with Crippen molar-refractivity contribution in [3.05, 3.63) is 101 Å². The van der Waals surface area contributed by atoms with Crippen molar-refractivity contribution < 1.29 is 29.3 Å². The number of aliphatic carboxylic acids is 1. The molecule has 0 spiro atoms. The van der Waals surface area contributed by atoms with Crippen LogP contribution in [0.4, 0.5) is 0 Å². The van der Waals surface area contributed by atoms with Crippen LogP contribution in [0.15, 0.2) is 78.9 Å². The molecule has 3 aromatic carbocycles. The number of carbonyl (C=O) groups excluding carboxylic acids is 1. The van der Waals surface area contributed by atoms with Gasteiger partial charge in [0.2, 0.25) is 0 Å². The second-order valence-electron chi connectivity index (χ2n) is 6.53. The van der Waals surface area contributed by atoms with E-state index >= 15 is 0 Å². The molecule has 3 aromatic rings. The Kier molecular flexibility index (Phi) is 7.30. The average molecular weight is 439 g/mol. The number of ether oxygens (including phenoxy) is 2. The number of carboxylic acid groups (broad SMARTS) is 1. The molecule has 0 atom stereocenters. The zero-order valence-corrected chi connectivity index (χ0v) is 17.1. The van der Waals surface area contributed by atoms with Gasteiger partial charge in [-0.05, 0) is 17.2 Å². The molecule has 158 valence electrons. The van der Waals surface area contributed by atoms with Crippen LogP contribution in [-0.4, -0.2) is 22.0 Å². The Morgan fingerprint density at radius 3 is 1.84 bits per heavy atom. The van der Waals surface area contributed by atoms with Crippen molar-refractivity contribution in [2.45, 2.75) is 13.2 Å². The number of hydrogen-bond acceptors (Lipinski definition) is 5.